The van der Waals surface area contributed by atoms with Crippen molar-refractivity contribution >= 4 is 11.9 Å². The van der Waals surface area contributed by atoms with Gasteiger partial charge < -0.3 is 18.9 Å². The van der Waals surface area contributed by atoms with E-state index in [9.17, 15) is 35.9 Å². The van der Waals surface area contributed by atoms with Crippen LogP contribution < -0.4 is 0 Å². The zero-order valence-corrected chi connectivity index (χ0v) is 13.9. The molecule has 0 aromatic rings. The van der Waals surface area contributed by atoms with Crippen molar-refractivity contribution in [1.82, 2.24) is 0 Å². The van der Waals surface area contributed by atoms with E-state index in [1.165, 1.54) is 6.92 Å². The lowest BCUT2D eigenvalue weighted by molar-refractivity contribution is -0.209. The summed E-state index contributed by atoms with van der Waals surface area (Å²) in [5.74, 6) is -6.04. The third-order valence-electron chi connectivity index (χ3n) is 3.53. The molecule has 0 aliphatic carbocycles. The molecule has 1 aliphatic heterocycles. The Morgan fingerprint density at radius 1 is 0.962 bits per heavy atom. The van der Waals surface area contributed by atoms with Crippen molar-refractivity contribution in [3.05, 3.63) is 0 Å². The molecule has 4 unspecified atom stereocenters. The quantitative estimate of drug-likeness (QED) is 0.507. The average Bonchev–Trinajstić information content (AvgIpc) is 2.51. The molecule has 0 aromatic heterocycles. The number of halogens is 6. The van der Waals surface area contributed by atoms with E-state index in [0.29, 0.717) is 0 Å². The van der Waals surface area contributed by atoms with Crippen LogP contribution in [0.25, 0.3) is 0 Å². The Morgan fingerprint density at radius 2 is 1.42 bits per heavy atom. The first-order valence-electron chi connectivity index (χ1n) is 7.52. The fourth-order valence-electron chi connectivity index (χ4n) is 2.35. The van der Waals surface area contributed by atoms with Gasteiger partial charge in [-0.05, 0) is 6.92 Å². The van der Waals surface area contributed by atoms with Crippen LogP contribution >= 0.6 is 0 Å². The molecule has 152 valence electrons. The predicted molar refractivity (Wildman–Crippen MR) is 71.8 cm³/mol. The molecule has 0 bridgehead atoms. The molecule has 1 aliphatic rings. The van der Waals surface area contributed by atoms with Crippen molar-refractivity contribution in [1.29, 1.82) is 0 Å². The number of rotatable bonds is 6. The summed E-state index contributed by atoms with van der Waals surface area (Å²) in [6.45, 7) is -1.17. The Balaban J connectivity index is 2.91. The summed E-state index contributed by atoms with van der Waals surface area (Å²) < 4.78 is 92.0. The van der Waals surface area contributed by atoms with Crippen LogP contribution in [0.4, 0.5) is 26.3 Å². The highest BCUT2D eigenvalue weighted by molar-refractivity contribution is 5.82. The van der Waals surface area contributed by atoms with E-state index in [2.05, 4.69) is 9.47 Å². The first kappa shape index (κ1) is 22.5. The summed E-state index contributed by atoms with van der Waals surface area (Å²) in [5.41, 5.74) is 0. The Labute approximate surface area is 144 Å². The van der Waals surface area contributed by atoms with Gasteiger partial charge in [0.1, 0.15) is 0 Å². The molecule has 12 heteroatoms. The minimum absolute atomic E-state index is 0.0115. The van der Waals surface area contributed by atoms with Crippen molar-refractivity contribution in [3.63, 3.8) is 0 Å². The van der Waals surface area contributed by atoms with E-state index in [0.717, 1.165) is 6.92 Å². The number of hydrogen-bond acceptors (Lipinski definition) is 6. The van der Waals surface area contributed by atoms with Gasteiger partial charge in [0.25, 0.3) is 0 Å². The van der Waals surface area contributed by atoms with Crippen LogP contribution in [0.2, 0.25) is 0 Å². The molecule has 26 heavy (non-hydrogen) atoms. The molecular weight excluding hydrogens is 378 g/mol. The van der Waals surface area contributed by atoms with Crippen LogP contribution in [-0.4, -0.2) is 62.9 Å². The maximum absolute atomic E-state index is 12.3. The van der Waals surface area contributed by atoms with Crippen LogP contribution in [-0.2, 0) is 28.5 Å². The average molecular weight is 396 g/mol. The van der Waals surface area contributed by atoms with Crippen molar-refractivity contribution < 1.29 is 54.9 Å². The van der Waals surface area contributed by atoms with Crippen molar-refractivity contribution in [2.24, 2.45) is 11.8 Å². The highest BCUT2D eigenvalue weighted by Gasteiger charge is 2.45. The molecular formula is C14H18F6O6. The van der Waals surface area contributed by atoms with Gasteiger partial charge >= 0.3 is 24.3 Å². The Hall–Kier alpha value is -1.56. The normalized spacial score (nSPS) is 23.8. The number of ether oxygens (including phenoxy) is 4. The van der Waals surface area contributed by atoms with E-state index in [-0.39, 0.29) is 13.2 Å². The smallest absolute Gasteiger partial charge is 0.422 e. The largest absolute Gasteiger partial charge is 0.456 e. The third-order valence-corrected chi connectivity index (χ3v) is 3.53. The lowest BCUT2D eigenvalue weighted by atomic mass is 9.86. The maximum atomic E-state index is 12.3. The van der Waals surface area contributed by atoms with Crippen LogP contribution in [0.3, 0.4) is 0 Å². The van der Waals surface area contributed by atoms with Crippen LogP contribution in [0.1, 0.15) is 13.8 Å². The molecule has 1 fully saturated rings. The van der Waals surface area contributed by atoms with Crippen LogP contribution in [0.5, 0.6) is 0 Å². The molecule has 0 spiro atoms. The van der Waals surface area contributed by atoms with Crippen molar-refractivity contribution in [2.75, 3.05) is 26.4 Å². The summed E-state index contributed by atoms with van der Waals surface area (Å²) in [6.07, 6.45) is -11.6. The zero-order chi connectivity index (χ0) is 20.1. The van der Waals surface area contributed by atoms with Gasteiger partial charge in [-0.1, -0.05) is 6.92 Å². The van der Waals surface area contributed by atoms with Gasteiger partial charge in [0.15, 0.2) is 13.2 Å². The number of hydrogen-bond donors (Lipinski definition) is 0. The van der Waals surface area contributed by atoms with E-state index >= 15 is 0 Å². The van der Waals surface area contributed by atoms with Gasteiger partial charge in [0, 0.05) is 0 Å². The summed E-state index contributed by atoms with van der Waals surface area (Å²) >= 11 is 0. The molecule has 0 amide bonds. The molecule has 0 N–H and O–H groups in total. The van der Waals surface area contributed by atoms with Crippen LogP contribution in [0.15, 0.2) is 0 Å². The standard InChI is InChI=1S/C14H18F6O6/c1-7(11(21)25-5-13(15,16)17)9(10-8(2)23-3-4-24-10)12(22)26-6-14(18,19)20/h7-10H,3-6H2,1-2H3. The van der Waals surface area contributed by atoms with Gasteiger partial charge in [0.05, 0.1) is 37.3 Å². The molecule has 0 radical (unpaired) electrons. The van der Waals surface area contributed by atoms with Gasteiger partial charge in [-0.15, -0.1) is 0 Å². The lowest BCUT2D eigenvalue weighted by Crippen LogP contribution is -2.49. The van der Waals surface area contributed by atoms with Gasteiger partial charge in [-0.2, -0.15) is 26.3 Å². The molecule has 1 saturated heterocycles. The minimum Gasteiger partial charge on any atom is -0.456 e. The number of carbonyl (C=O) groups is 2. The van der Waals surface area contributed by atoms with Gasteiger partial charge in [0.2, 0.25) is 0 Å². The highest BCUT2D eigenvalue weighted by Crippen LogP contribution is 2.29. The predicted octanol–water partition coefficient (Wildman–Crippen LogP) is 2.25. The fourth-order valence-corrected chi connectivity index (χ4v) is 2.35. The first-order chi connectivity index (χ1) is 11.8. The Kier molecular flexibility index (Phi) is 7.69. The lowest BCUT2D eigenvalue weighted by Gasteiger charge is -2.36. The summed E-state index contributed by atoms with van der Waals surface area (Å²) in [7, 11) is 0. The first-order valence-corrected chi connectivity index (χ1v) is 7.52. The summed E-state index contributed by atoms with van der Waals surface area (Å²) in [4.78, 5) is 23.9. The molecule has 6 nitrogen and oxygen atoms in total. The van der Waals surface area contributed by atoms with E-state index < -0.39 is 61.5 Å². The summed E-state index contributed by atoms with van der Waals surface area (Å²) in [5, 5.41) is 0. The summed E-state index contributed by atoms with van der Waals surface area (Å²) in [6, 6.07) is 0. The van der Waals surface area contributed by atoms with Crippen LogP contribution in [0, 0.1) is 11.8 Å². The molecule has 4 atom stereocenters. The van der Waals surface area contributed by atoms with E-state index in [1.54, 1.807) is 0 Å². The molecule has 1 rings (SSSR count). The van der Waals surface area contributed by atoms with E-state index in [1.807, 2.05) is 0 Å². The second-order valence-electron chi connectivity index (χ2n) is 5.67. The minimum atomic E-state index is -4.81. The number of esters is 2. The fraction of sp³-hybridized carbons (Fsp3) is 0.857. The SMILES string of the molecule is CC1OCCOC1C(C(=O)OCC(F)(F)F)C(C)C(=O)OCC(F)(F)F. The van der Waals surface area contributed by atoms with E-state index in [4.69, 9.17) is 9.47 Å². The Morgan fingerprint density at radius 3 is 1.88 bits per heavy atom. The van der Waals surface area contributed by atoms with Gasteiger partial charge in [-0.3, -0.25) is 9.59 Å². The topological polar surface area (TPSA) is 71.1 Å². The highest BCUT2D eigenvalue weighted by atomic mass is 19.4. The van der Waals surface area contributed by atoms with Gasteiger partial charge in [-0.25, -0.2) is 0 Å². The maximum Gasteiger partial charge on any atom is 0.422 e. The number of carbonyl (C=O) groups excluding carboxylic acids is 2. The third kappa shape index (κ3) is 7.36. The second kappa shape index (κ2) is 8.89. The molecule has 0 aromatic carbocycles. The molecule has 0 saturated carbocycles. The number of alkyl halides is 6. The molecule has 1 heterocycles. The monoisotopic (exact) mass is 396 g/mol. The zero-order valence-electron chi connectivity index (χ0n) is 13.9. The van der Waals surface area contributed by atoms with Crippen molar-refractivity contribution in [2.45, 2.75) is 38.4 Å². The second-order valence-corrected chi connectivity index (χ2v) is 5.67. The Bertz CT molecular complexity index is 491. The van der Waals surface area contributed by atoms with Crippen molar-refractivity contribution in [3.8, 4) is 0 Å².